The highest BCUT2D eigenvalue weighted by Gasteiger charge is 2.28. The van der Waals surface area contributed by atoms with Crippen molar-refractivity contribution in [2.24, 2.45) is 5.10 Å². The van der Waals surface area contributed by atoms with E-state index in [0.29, 0.717) is 22.9 Å². The molecule has 7 heteroatoms. The molecule has 1 aliphatic rings. The Labute approximate surface area is 166 Å². The molecule has 5 nitrogen and oxygen atoms in total. The molecule has 0 atom stereocenters. The third-order valence-corrected chi connectivity index (χ3v) is 5.34. The Morgan fingerprint density at radius 1 is 1.14 bits per heavy atom. The minimum absolute atomic E-state index is 0.201. The maximum absolute atomic E-state index is 15.1. The van der Waals surface area contributed by atoms with Crippen LogP contribution in [0, 0.1) is 5.82 Å². The first-order valence-electron chi connectivity index (χ1n) is 8.77. The number of aliphatic hydroxyl groups is 1. The summed E-state index contributed by atoms with van der Waals surface area (Å²) < 4.78 is 21.2. The standard InChI is InChI=1S/C21H20FN3O2S/c1-21(2,26)15-6-4-5-14(18(15)22)19-20-16(23-25-24-19)11-17(27-20)12-7-9-13(28-3)10-8-12/h4-11,23,25-26H,1-3H3. The quantitative estimate of drug-likeness (QED) is 0.556. The summed E-state index contributed by atoms with van der Waals surface area (Å²) in [5.41, 5.74) is 6.71. The number of nitrogens with zero attached hydrogens (tertiary/aromatic N) is 1. The van der Waals surface area contributed by atoms with Gasteiger partial charge in [-0.05, 0) is 38.3 Å². The number of hydrogen-bond donors (Lipinski definition) is 3. The lowest BCUT2D eigenvalue weighted by Crippen LogP contribution is -2.26. The fraction of sp³-hybridized carbons (Fsp3) is 0.190. The summed E-state index contributed by atoms with van der Waals surface area (Å²) in [6.45, 7) is 3.10. The van der Waals surface area contributed by atoms with E-state index in [0.717, 1.165) is 10.5 Å². The number of hydrazine groups is 1. The highest BCUT2D eigenvalue weighted by molar-refractivity contribution is 7.98. The average molecular weight is 397 g/mol. The Morgan fingerprint density at radius 3 is 2.57 bits per heavy atom. The average Bonchev–Trinajstić information content (AvgIpc) is 3.12. The molecule has 2 heterocycles. The van der Waals surface area contributed by atoms with Crippen molar-refractivity contribution < 1.29 is 13.9 Å². The third kappa shape index (κ3) is 3.27. The summed E-state index contributed by atoms with van der Waals surface area (Å²) in [6.07, 6.45) is 2.02. The van der Waals surface area contributed by atoms with Crippen LogP contribution in [0.1, 0.15) is 30.7 Å². The van der Waals surface area contributed by atoms with E-state index in [-0.39, 0.29) is 11.1 Å². The van der Waals surface area contributed by atoms with E-state index in [1.54, 1.807) is 43.8 Å². The Bertz CT molecular complexity index is 1050. The number of hydrazone groups is 1. The summed E-state index contributed by atoms with van der Waals surface area (Å²) in [5.74, 6) is 0.570. The van der Waals surface area contributed by atoms with Gasteiger partial charge in [0.25, 0.3) is 0 Å². The third-order valence-electron chi connectivity index (χ3n) is 4.59. The van der Waals surface area contributed by atoms with Crippen LogP contribution < -0.4 is 11.0 Å². The largest absolute Gasteiger partial charge is 0.452 e. The van der Waals surface area contributed by atoms with Gasteiger partial charge in [0.1, 0.15) is 23.0 Å². The van der Waals surface area contributed by atoms with Gasteiger partial charge in [-0.3, -0.25) is 5.43 Å². The topological polar surface area (TPSA) is 69.8 Å². The van der Waals surface area contributed by atoms with Crippen LogP contribution in [-0.4, -0.2) is 17.1 Å². The van der Waals surface area contributed by atoms with Crippen LogP contribution in [0.4, 0.5) is 10.1 Å². The van der Waals surface area contributed by atoms with Gasteiger partial charge < -0.3 is 9.52 Å². The van der Waals surface area contributed by atoms with E-state index >= 15 is 4.39 Å². The van der Waals surface area contributed by atoms with Gasteiger partial charge in [-0.2, -0.15) is 5.10 Å². The van der Waals surface area contributed by atoms with Crippen LogP contribution >= 0.6 is 11.8 Å². The van der Waals surface area contributed by atoms with Crippen molar-refractivity contribution in [3.05, 3.63) is 71.2 Å². The van der Waals surface area contributed by atoms with E-state index in [4.69, 9.17) is 4.42 Å². The summed E-state index contributed by atoms with van der Waals surface area (Å²) in [4.78, 5) is 1.16. The maximum Gasteiger partial charge on any atom is 0.180 e. The molecule has 0 fully saturated rings. The molecule has 0 saturated heterocycles. The van der Waals surface area contributed by atoms with E-state index in [2.05, 4.69) is 16.1 Å². The molecule has 4 rings (SSSR count). The molecule has 0 unspecified atom stereocenters. The molecule has 3 aromatic rings. The lowest BCUT2D eigenvalue weighted by Gasteiger charge is -2.21. The van der Waals surface area contributed by atoms with Gasteiger partial charge in [-0.25, -0.2) is 9.93 Å². The first kappa shape index (κ1) is 18.6. The van der Waals surface area contributed by atoms with Crippen molar-refractivity contribution in [3.63, 3.8) is 0 Å². The van der Waals surface area contributed by atoms with Crippen molar-refractivity contribution in [1.29, 1.82) is 0 Å². The Morgan fingerprint density at radius 2 is 1.89 bits per heavy atom. The van der Waals surface area contributed by atoms with Crippen LogP contribution in [0.3, 0.4) is 0 Å². The molecule has 0 amide bonds. The number of fused-ring (bicyclic) bond motifs is 1. The van der Waals surface area contributed by atoms with Crippen molar-refractivity contribution in [2.75, 3.05) is 11.7 Å². The number of thioether (sulfide) groups is 1. The first-order valence-corrected chi connectivity index (χ1v) is 10.00. The smallest absolute Gasteiger partial charge is 0.180 e. The minimum atomic E-state index is -1.31. The summed E-state index contributed by atoms with van der Waals surface area (Å²) >= 11 is 1.67. The summed E-state index contributed by atoms with van der Waals surface area (Å²) in [6, 6.07) is 14.7. The van der Waals surface area contributed by atoms with E-state index in [9.17, 15) is 5.11 Å². The van der Waals surface area contributed by atoms with Crippen molar-refractivity contribution >= 4 is 23.2 Å². The number of nitrogens with one attached hydrogen (secondary N) is 2. The zero-order valence-electron chi connectivity index (χ0n) is 15.7. The fourth-order valence-corrected chi connectivity index (χ4v) is 3.53. The number of halogens is 1. The SMILES string of the molecule is CSc1ccc(-c2cc3c(o2)C(c2cccc(C(C)(C)O)c2F)=NNN3)cc1. The van der Waals surface area contributed by atoms with Gasteiger partial charge in [0, 0.05) is 27.7 Å². The van der Waals surface area contributed by atoms with E-state index in [1.807, 2.05) is 36.6 Å². The second-order valence-electron chi connectivity index (χ2n) is 7.01. The second-order valence-corrected chi connectivity index (χ2v) is 7.88. The van der Waals surface area contributed by atoms with Crippen molar-refractivity contribution in [1.82, 2.24) is 5.53 Å². The molecule has 1 aromatic heterocycles. The molecule has 0 radical (unpaired) electrons. The van der Waals surface area contributed by atoms with E-state index in [1.165, 1.54) is 0 Å². The zero-order valence-corrected chi connectivity index (χ0v) is 16.5. The molecular formula is C21H20FN3O2S. The molecule has 0 spiro atoms. The van der Waals surface area contributed by atoms with Gasteiger partial charge in [-0.15, -0.1) is 11.8 Å². The minimum Gasteiger partial charge on any atom is -0.452 e. The molecule has 2 aromatic carbocycles. The normalized spacial score (nSPS) is 13.4. The Kier molecular flexibility index (Phi) is 4.64. The van der Waals surface area contributed by atoms with Gasteiger partial charge in [0.2, 0.25) is 0 Å². The molecule has 3 N–H and O–H groups in total. The van der Waals surface area contributed by atoms with Crippen LogP contribution in [0.25, 0.3) is 11.3 Å². The van der Waals surface area contributed by atoms with Gasteiger partial charge in [0.15, 0.2) is 5.76 Å². The number of hydrogen-bond acceptors (Lipinski definition) is 6. The molecule has 1 aliphatic heterocycles. The predicted molar refractivity (Wildman–Crippen MR) is 110 cm³/mol. The highest BCUT2D eigenvalue weighted by atomic mass is 32.2. The van der Waals surface area contributed by atoms with Crippen LogP contribution in [0.15, 0.2) is 62.9 Å². The molecular weight excluding hydrogens is 377 g/mol. The molecule has 144 valence electrons. The summed E-state index contributed by atoms with van der Waals surface area (Å²) in [5, 5.41) is 14.4. The molecule has 0 saturated carbocycles. The maximum atomic E-state index is 15.1. The predicted octanol–water partition coefficient (Wildman–Crippen LogP) is 4.72. The Hall–Kier alpha value is -2.77. The van der Waals surface area contributed by atoms with Crippen molar-refractivity contribution in [3.8, 4) is 11.3 Å². The van der Waals surface area contributed by atoms with Gasteiger partial charge in [0.05, 0.1) is 5.60 Å². The van der Waals surface area contributed by atoms with Gasteiger partial charge >= 0.3 is 0 Å². The van der Waals surface area contributed by atoms with Gasteiger partial charge in [-0.1, -0.05) is 24.3 Å². The Balaban J connectivity index is 1.77. The lowest BCUT2D eigenvalue weighted by atomic mass is 9.93. The lowest BCUT2D eigenvalue weighted by molar-refractivity contribution is 0.0745. The number of furan rings is 1. The molecule has 0 aliphatic carbocycles. The van der Waals surface area contributed by atoms with Crippen LogP contribution in [0.2, 0.25) is 0 Å². The second kappa shape index (κ2) is 7.00. The fourth-order valence-electron chi connectivity index (χ4n) is 3.12. The van der Waals surface area contributed by atoms with Crippen molar-refractivity contribution in [2.45, 2.75) is 24.3 Å². The number of benzene rings is 2. The van der Waals surface area contributed by atoms with Crippen LogP contribution in [0.5, 0.6) is 0 Å². The molecule has 28 heavy (non-hydrogen) atoms. The molecule has 0 bridgehead atoms. The number of rotatable bonds is 4. The zero-order chi connectivity index (χ0) is 19.9. The monoisotopic (exact) mass is 397 g/mol. The van der Waals surface area contributed by atoms with E-state index < -0.39 is 11.4 Å². The highest BCUT2D eigenvalue weighted by Crippen LogP contribution is 2.34. The van der Waals surface area contributed by atoms with Crippen LogP contribution in [-0.2, 0) is 5.60 Å². The number of anilines is 1. The first-order chi connectivity index (χ1) is 13.4. The summed E-state index contributed by atoms with van der Waals surface area (Å²) in [7, 11) is 0.